The number of nitrogens with zero attached hydrogens (tertiary/aromatic N) is 1. The molecule has 8 nitrogen and oxygen atoms in total. The lowest BCUT2D eigenvalue weighted by Crippen LogP contribution is -2.53. The highest BCUT2D eigenvalue weighted by molar-refractivity contribution is 7.86. The Bertz CT molecular complexity index is 1670. The molecule has 3 aromatic carbocycles. The van der Waals surface area contributed by atoms with Gasteiger partial charge in [-0.1, -0.05) is 73.2 Å². The Morgan fingerprint density at radius 3 is 2.48 bits per heavy atom. The van der Waals surface area contributed by atoms with Crippen LogP contribution in [0.4, 0.5) is 5.69 Å². The summed E-state index contributed by atoms with van der Waals surface area (Å²) in [5, 5.41) is 15.6. The van der Waals surface area contributed by atoms with Gasteiger partial charge in [0.25, 0.3) is 10.1 Å². The first-order valence-electron chi connectivity index (χ1n) is 15.2. The molecular formula is C35H40N2O6S. The topological polar surface area (TPSA) is 105 Å². The summed E-state index contributed by atoms with van der Waals surface area (Å²) in [6, 6.07) is 24.9. The summed E-state index contributed by atoms with van der Waals surface area (Å²) in [6.07, 6.45) is 1.71. The molecule has 1 spiro atoms. The standard InChI is InChI=1S/C35H40N2O6S/c1-4-34(39,23-43-44(40,41)27-16-14-24(2)15-17-27)21-26-20-28(33(38)42-3)31-35(29-12-8-9-13-30(29)36-31)18-19-37(32(26)35)22-25-10-6-5-7-11-25/h5-17,26,32,36,39H,4,18-23H2,1-3H3. The van der Waals surface area contributed by atoms with Gasteiger partial charge in [-0.15, -0.1) is 0 Å². The normalized spacial score (nSPS) is 24.2. The van der Waals surface area contributed by atoms with Crippen molar-refractivity contribution in [2.45, 2.75) is 68.0 Å². The van der Waals surface area contributed by atoms with Gasteiger partial charge in [-0.3, -0.25) is 9.08 Å². The van der Waals surface area contributed by atoms with E-state index in [-0.39, 0.29) is 42.3 Å². The second-order valence-corrected chi connectivity index (χ2v) is 14.0. The van der Waals surface area contributed by atoms with Crippen LogP contribution in [0.15, 0.2) is 95.0 Å². The number of nitrogens with one attached hydrogen (secondary N) is 1. The number of likely N-dealkylation sites (tertiary alicyclic amines) is 1. The summed E-state index contributed by atoms with van der Waals surface area (Å²) in [4.78, 5) is 15.9. The molecule has 0 radical (unpaired) electrons. The van der Waals surface area contributed by atoms with Gasteiger partial charge in [0.15, 0.2) is 0 Å². The third-order valence-corrected chi connectivity index (χ3v) is 11.1. The van der Waals surface area contributed by atoms with Gasteiger partial charge < -0.3 is 15.2 Å². The summed E-state index contributed by atoms with van der Waals surface area (Å²) in [7, 11) is -2.68. The maximum atomic E-state index is 13.3. The first-order valence-corrected chi connectivity index (χ1v) is 16.7. The Morgan fingerprint density at radius 2 is 1.77 bits per heavy atom. The van der Waals surface area contributed by atoms with E-state index < -0.39 is 21.1 Å². The van der Waals surface area contributed by atoms with E-state index in [4.69, 9.17) is 8.92 Å². The molecular weight excluding hydrogens is 576 g/mol. The van der Waals surface area contributed by atoms with Crippen LogP contribution >= 0.6 is 0 Å². The SMILES string of the molecule is CCC(O)(COS(=O)(=O)c1ccc(C)cc1)CC1CC(C(=O)OC)=C2Nc3ccccc3C23CCN(Cc2ccccc2)C13. The van der Waals surface area contributed by atoms with Gasteiger partial charge in [0, 0.05) is 30.5 Å². The number of hydrogen-bond acceptors (Lipinski definition) is 8. The van der Waals surface area contributed by atoms with E-state index in [0.717, 1.165) is 42.0 Å². The zero-order valence-corrected chi connectivity index (χ0v) is 26.3. The molecule has 4 atom stereocenters. The van der Waals surface area contributed by atoms with Gasteiger partial charge in [-0.25, -0.2) is 4.79 Å². The zero-order chi connectivity index (χ0) is 31.1. The molecule has 0 bridgehead atoms. The summed E-state index contributed by atoms with van der Waals surface area (Å²) in [6.45, 7) is 4.86. The van der Waals surface area contributed by atoms with Crippen molar-refractivity contribution in [3.8, 4) is 0 Å². The smallest absolute Gasteiger partial charge is 0.335 e. The molecule has 6 rings (SSSR count). The minimum atomic E-state index is -4.08. The molecule has 44 heavy (non-hydrogen) atoms. The van der Waals surface area contributed by atoms with Crippen LogP contribution in [0.25, 0.3) is 0 Å². The predicted molar refractivity (Wildman–Crippen MR) is 168 cm³/mol. The summed E-state index contributed by atoms with van der Waals surface area (Å²) >= 11 is 0. The third kappa shape index (κ3) is 5.36. The molecule has 9 heteroatoms. The van der Waals surface area contributed by atoms with E-state index in [2.05, 4.69) is 28.4 Å². The molecule has 3 aliphatic rings. The van der Waals surface area contributed by atoms with Gasteiger partial charge in [0.05, 0.1) is 35.2 Å². The minimum Gasteiger partial charge on any atom is -0.466 e. The molecule has 1 aliphatic carbocycles. The van der Waals surface area contributed by atoms with Crippen LogP contribution in [0, 0.1) is 12.8 Å². The lowest BCUT2D eigenvalue weighted by molar-refractivity contribution is -0.137. The number of benzene rings is 3. The Balaban J connectivity index is 1.38. The quantitative estimate of drug-likeness (QED) is 0.233. The highest BCUT2D eigenvalue weighted by Gasteiger charge is 2.61. The van der Waals surface area contributed by atoms with Gasteiger partial charge in [0.2, 0.25) is 0 Å². The molecule has 0 aromatic heterocycles. The van der Waals surface area contributed by atoms with Crippen LogP contribution in [0.3, 0.4) is 0 Å². The molecule has 0 saturated carbocycles. The van der Waals surface area contributed by atoms with Crippen LogP contribution in [-0.4, -0.2) is 56.3 Å². The Labute approximate surface area is 259 Å². The maximum Gasteiger partial charge on any atom is 0.335 e. The minimum absolute atomic E-state index is 0.0530. The lowest BCUT2D eigenvalue weighted by atomic mass is 9.61. The van der Waals surface area contributed by atoms with Gasteiger partial charge in [-0.05, 0) is 67.9 Å². The van der Waals surface area contributed by atoms with E-state index >= 15 is 0 Å². The number of rotatable bonds is 10. The van der Waals surface area contributed by atoms with Crippen molar-refractivity contribution >= 4 is 21.8 Å². The number of para-hydroxylation sites is 1. The number of carbonyl (C=O) groups excluding carboxylic acids is 1. The van der Waals surface area contributed by atoms with Gasteiger partial charge >= 0.3 is 5.97 Å². The van der Waals surface area contributed by atoms with E-state index in [9.17, 15) is 18.3 Å². The Kier molecular flexibility index (Phi) is 8.17. The second kappa shape index (κ2) is 11.8. The number of aliphatic hydroxyl groups is 1. The largest absolute Gasteiger partial charge is 0.466 e. The number of anilines is 1. The van der Waals surface area contributed by atoms with Crippen molar-refractivity contribution in [2.75, 3.05) is 25.6 Å². The highest BCUT2D eigenvalue weighted by atomic mass is 32.2. The second-order valence-electron chi connectivity index (χ2n) is 12.4. The molecule has 232 valence electrons. The van der Waals surface area contributed by atoms with Crippen molar-refractivity contribution in [1.82, 2.24) is 4.90 Å². The Morgan fingerprint density at radius 1 is 1.07 bits per heavy atom. The molecule has 3 aromatic rings. The fraction of sp³-hybridized carbons (Fsp3) is 0.400. The van der Waals surface area contributed by atoms with E-state index in [0.29, 0.717) is 12.0 Å². The molecule has 0 amide bonds. The average Bonchev–Trinajstić information content (AvgIpc) is 3.58. The number of fused-ring (bicyclic) bond motifs is 1. The highest BCUT2D eigenvalue weighted by Crippen LogP contribution is 2.60. The monoisotopic (exact) mass is 616 g/mol. The molecule has 1 saturated heterocycles. The molecule has 2 heterocycles. The zero-order valence-electron chi connectivity index (χ0n) is 25.5. The van der Waals surface area contributed by atoms with Crippen molar-refractivity contribution in [3.05, 3.63) is 107 Å². The van der Waals surface area contributed by atoms with Crippen LogP contribution < -0.4 is 5.32 Å². The van der Waals surface area contributed by atoms with Crippen LogP contribution in [-0.2, 0) is 35.8 Å². The third-order valence-electron chi connectivity index (χ3n) is 9.77. The number of methoxy groups -OCH3 is 1. The van der Waals surface area contributed by atoms with Gasteiger partial charge in [-0.2, -0.15) is 8.42 Å². The summed E-state index contributed by atoms with van der Waals surface area (Å²) in [5.74, 6) is -0.578. The van der Waals surface area contributed by atoms with E-state index in [1.54, 1.807) is 12.1 Å². The predicted octanol–water partition coefficient (Wildman–Crippen LogP) is 5.32. The number of esters is 1. The number of aryl methyl sites for hydroxylation is 1. The molecule has 4 unspecified atom stereocenters. The lowest BCUT2D eigenvalue weighted by Gasteiger charge is -2.47. The number of hydrogen-bond donors (Lipinski definition) is 2. The molecule has 1 fully saturated rings. The fourth-order valence-corrected chi connectivity index (χ4v) is 8.59. The van der Waals surface area contributed by atoms with E-state index in [1.807, 2.05) is 50.2 Å². The van der Waals surface area contributed by atoms with Crippen molar-refractivity contribution in [2.24, 2.45) is 5.92 Å². The summed E-state index contributed by atoms with van der Waals surface area (Å²) < 4.78 is 37.0. The van der Waals surface area contributed by atoms with E-state index in [1.165, 1.54) is 24.8 Å². The van der Waals surface area contributed by atoms with Gasteiger partial charge in [0.1, 0.15) is 0 Å². The average molecular weight is 617 g/mol. The molecule has 2 aliphatic heterocycles. The first-order chi connectivity index (χ1) is 21.1. The number of ether oxygens (including phenoxy) is 1. The van der Waals surface area contributed by atoms with Crippen molar-refractivity contribution < 1.29 is 27.2 Å². The van der Waals surface area contributed by atoms with Crippen molar-refractivity contribution in [3.63, 3.8) is 0 Å². The van der Waals surface area contributed by atoms with Crippen LogP contribution in [0.2, 0.25) is 0 Å². The maximum absolute atomic E-state index is 13.3. The first kappa shape index (κ1) is 30.5. The Hall–Kier alpha value is -3.50. The summed E-state index contributed by atoms with van der Waals surface area (Å²) in [5.41, 5.74) is 3.77. The van der Waals surface area contributed by atoms with Crippen LogP contribution in [0.1, 0.15) is 49.3 Å². The molecule has 2 N–H and O–H groups in total. The van der Waals surface area contributed by atoms with Crippen LogP contribution in [0.5, 0.6) is 0 Å². The van der Waals surface area contributed by atoms with Crippen molar-refractivity contribution in [1.29, 1.82) is 0 Å². The fourth-order valence-electron chi connectivity index (χ4n) is 7.61. The number of carbonyl (C=O) groups is 1.